The minimum absolute atomic E-state index is 0.0596. The van der Waals surface area contributed by atoms with E-state index in [1.54, 1.807) is 29.2 Å². The van der Waals surface area contributed by atoms with Crippen LogP contribution in [0.5, 0.6) is 0 Å². The summed E-state index contributed by atoms with van der Waals surface area (Å²) in [5, 5.41) is 12.3. The van der Waals surface area contributed by atoms with E-state index in [9.17, 15) is 19.5 Å². The van der Waals surface area contributed by atoms with Crippen LogP contribution in [0.4, 0.5) is 5.69 Å². The molecule has 1 aliphatic heterocycles. The lowest BCUT2D eigenvalue weighted by atomic mass is 9.74. The fourth-order valence-electron chi connectivity index (χ4n) is 3.86. The topological polar surface area (TPSA) is 95.9 Å². The Morgan fingerprint density at radius 1 is 1.18 bits per heavy atom. The minimum Gasteiger partial charge on any atom is -0.481 e. The van der Waals surface area contributed by atoms with E-state index < -0.39 is 17.8 Å². The third kappa shape index (κ3) is 4.42. The Balaban J connectivity index is 1.68. The fraction of sp³-hybridized carbons (Fsp3) is 0.476. The van der Waals surface area contributed by atoms with Gasteiger partial charge < -0.3 is 20.1 Å². The number of hydrogen-bond acceptors (Lipinski definition) is 4. The highest BCUT2D eigenvalue weighted by atomic mass is 16.5. The van der Waals surface area contributed by atoms with Crippen molar-refractivity contribution < 1.29 is 24.2 Å². The molecule has 2 aliphatic rings. The molecule has 1 saturated heterocycles. The Bertz CT molecular complexity index is 753. The summed E-state index contributed by atoms with van der Waals surface area (Å²) < 4.78 is 5.26. The van der Waals surface area contributed by atoms with E-state index in [1.807, 2.05) is 19.1 Å². The number of anilines is 1. The van der Waals surface area contributed by atoms with Crippen molar-refractivity contribution in [2.24, 2.45) is 17.8 Å². The lowest BCUT2D eigenvalue weighted by Crippen LogP contribution is -2.40. The van der Waals surface area contributed by atoms with Gasteiger partial charge in [-0.1, -0.05) is 19.1 Å². The minimum atomic E-state index is -0.950. The molecule has 3 atom stereocenters. The lowest BCUT2D eigenvalue weighted by Gasteiger charge is -2.31. The number of nitrogens with one attached hydrogen (secondary N) is 1. The molecule has 2 amide bonds. The molecule has 1 aliphatic carbocycles. The molecule has 0 radical (unpaired) electrons. The number of rotatable bonds is 5. The van der Waals surface area contributed by atoms with E-state index in [2.05, 4.69) is 5.32 Å². The predicted molar refractivity (Wildman–Crippen MR) is 104 cm³/mol. The molecule has 2 N–H and O–H groups in total. The zero-order chi connectivity index (χ0) is 20.1. The summed E-state index contributed by atoms with van der Waals surface area (Å²) >= 11 is 0. The van der Waals surface area contributed by atoms with Crippen LogP contribution in [0.15, 0.2) is 36.4 Å². The molecule has 1 aromatic rings. The molecule has 1 aromatic carbocycles. The van der Waals surface area contributed by atoms with E-state index >= 15 is 0 Å². The maximum Gasteiger partial charge on any atom is 0.307 e. The van der Waals surface area contributed by atoms with Crippen molar-refractivity contribution in [2.75, 3.05) is 31.6 Å². The number of carboxylic acids is 1. The summed E-state index contributed by atoms with van der Waals surface area (Å²) in [7, 11) is 0. The van der Waals surface area contributed by atoms with Gasteiger partial charge in [0.15, 0.2) is 0 Å². The molecule has 7 heteroatoms. The molecule has 0 spiro atoms. The number of ether oxygens (including phenoxy) is 1. The van der Waals surface area contributed by atoms with E-state index in [-0.39, 0.29) is 17.7 Å². The number of aliphatic carboxylic acids is 1. The maximum absolute atomic E-state index is 12.8. The van der Waals surface area contributed by atoms with E-state index in [0.29, 0.717) is 50.4 Å². The molecule has 0 bridgehead atoms. The lowest BCUT2D eigenvalue weighted by molar-refractivity contribution is -0.147. The van der Waals surface area contributed by atoms with E-state index in [0.717, 1.165) is 0 Å². The predicted octanol–water partition coefficient (Wildman–Crippen LogP) is 2.40. The molecule has 28 heavy (non-hydrogen) atoms. The summed E-state index contributed by atoms with van der Waals surface area (Å²) in [5.74, 6) is -2.74. The van der Waals surface area contributed by atoms with Gasteiger partial charge in [-0.3, -0.25) is 14.4 Å². The van der Waals surface area contributed by atoms with Gasteiger partial charge >= 0.3 is 5.97 Å². The monoisotopic (exact) mass is 386 g/mol. The van der Waals surface area contributed by atoms with Crippen LogP contribution < -0.4 is 5.32 Å². The molecule has 0 aromatic heterocycles. The number of hydrogen-bond donors (Lipinski definition) is 2. The number of carbonyl (C=O) groups is 3. The van der Waals surface area contributed by atoms with E-state index in [1.165, 1.54) is 0 Å². The quantitative estimate of drug-likeness (QED) is 0.758. The van der Waals surface area contributed by atoms with Crippen LogP contribution in [-0.4, -0.2) is 54.1 Å². The first kappa shape index (κ1) is 20.1. The summed E-state index contributed by atoms with van der Waals surface area (Å²) in [6, 6.07) is 6.72. The number of morpholine rings is 1. The van der Waals surface area contributed by atoms with Crippen molar-refractivity contribution >= 4 is 23.5 Å². The van der Waals surface area contributed by atoms with Gasteiger partial charge in [0, 0.05) is 24.3 Å². The van der Waals surface area contributed by atoms with Gasteiger partial charge in [-0.25, -0.2) is 0 Å². The molecule has 0 unspecified atom stereocenters. The molecule has 1 heterocycles. The van der Waals surface area contributed by atoms with Crippen molar-refractivity contribution in [2.45, 2.75) is 19.8 Å². The van der Waals surface area contributed by atoms with Crippen LogP contribution >= 0.6 is 0 Å². The molecular weight excluding hydrogens is 360 g/mol. The standard InChI is InChI=1S/C21H26N2O5/c1-2-14-4-3-5-17(21(26)27)18(14)19(24)22-16-8-6-15(7-9-16)20(25)23-10-12-28-13-11-23/h3-4,6-9,14,17-18H,2,5,10-13H2,1H3,(H,22,24)(H,26,27)/t14-,17+,18+/m1/s1. The Labute approximate surface area is 164 Å². The molecule has 0 saturated carbocycles. The average molecular weight is 386 g/mol. The highest BCUT2D eigenvalue weighted by Gasteiger charge is 2.39. The van der Waals surface area contributed by atoms with Crippen molar-refractivity contribution in [3.8, 4) is 0 Å². The van der Waals surface area contributed by atoms with Gasteiger partial charge in [-0.15, -0.1) is 0 Å². The van der Waals surface area contributed by atoms with Crippen LogP contribution in [-0.2, 0) is 14.3 Å². The van der Waals surface area contributed by atoms with Crippen molar-refractivity contribution in [1.29, 1.82) is 0 Å². The van der Waals surface area contributed by atoms with Crippen LogP contribution in [0.1, 0.15) is 30.1 Å². The molecule has 7 nitrogen and oxygen atoms in total. The molecule has 3 rings (SSSR count). The van der Waals surface area contributed by atoms with Gasteiger partial charge in [0.05, 0.1) is 25.0 Å². The second-order valence-corrected chi connectivity index (χ2v) is 7.18. The Kier molecular flexibility index (Phi) is 6.46. The third-order valence-corrected chi connectivity index (χ3v) is 5.46. The summed E-state index contributed by atoms with van der Waals surface area (Å²) in [6.07, 6.45) is 4.85. The number of carboxylic acid groups (broad SMARTS) is 1. The first-order chi connectivity index (χ1) is 13.5. The highest BCUT2D eigenvalue weighted by molar-refractivity contribution is 5.97. The van der Waals surface area contributed by atoms with Crippen molar-refractivity contribution in [1.82, 2.24) is 4.90 Å². The van der Waals surface area contributed by atoms with Crippen LogP contribution in [0.2, 0.25) is 0 Å². The number of allylic oxidation sites excluding steroid dienone is 2. The molecule has 150 valence electrons. The molecular formula is C21H26N2O5. The second-order valence-electron chi connectivity index (χ2n) is 7.18. The van der Waals surface area contributed by atoms with Crippen molar-refractivity contribution in [3.05, 3.63) is 42.0 Å². The van der Waals surface area contributed by atoms with Crippen LogP contribution in [0.3, 0.4) is 0 Å². The fourth-order valence-corrected chi connectivity index (χ4v) is 3.86. The zero-order valence-corrected chi connectivity index (χ0v) is 16.0. The number of carbonyl (C=O) groups excluding carboxylic acids is 2. The van der Waals surface area contributed by atoms with Gasteiger partial charge in [-0.05, 0) is 43.0 Å². The van der Waals surface area contributed by atoms with Gasteiger partial charge in [0.2, 0.25) is 5.91 Å². The Hall–Kier alpha value is -2.67. The smallest absolute Gasteiger partial charge is 0.307 e. The largest absolute Gasteiger partial charge is 0.481 e. The van der Waals surface area contributed by atoms with Gasteiger partial charge in [0.25, 0.3) is 5.91 Å². The third-order valence-electron chi connectivity index (χ3n) is 5.46. The summed E-state index contributed by atoms with van der Waals surface area (Å²) in [5.41, 5.74) is 1.10. The SMILES string of the molecule is CC[C@@H]1C=CC[C@H](C(=O)O)[C@H]1C(=O)Nc1ccc(C(=O)N2CCOCC2)cc1. The van der Waals surface area contributed by atoms with Gasteiger partial charge in [0.1, 0.15) is 0 Å². The number of amides is 2. The first-order valence-corrected chi connectivity index (χ1v) is 9.68. The Morgan fingerprint density at radius 2 is 1.86 bits per heavy atom. The molecule has 1 fully saturated rings. The zero-order valence-electron chi connectivity index (χ0n) is 16.0. The van der Waals surface area contributed by atoms with Crippen molar-refractivity contribution in [3.63, 3.8) is 0 Å². The maximum atomic E-state index is 12.8. The second kappa shape index (κ2) is 9.01. The summed E-state index contributed by atoms with van der Waals surface area (Å²) in [6.45, 7) is 4.17. The highest BCUT2D eigenvalue weighted by Crippen LogP contribution is 2.33. The van der Waals surface area contributed by atoms with Gasteiger partial charge in [-0.2, -0.15) is 0 Å². The number of benzene rings is 1. The first-order valence-electron chi connectivity index (χ1n) is 9.68. The van der Waals surface area contributed by atoms with E-state index in [4.69, 9.17) is 4.74 Å². The Morgan fingerprint density at radius 3 is 2.46 bits per heavy atom. The normalized spacial score (nSPS) is 24.6. The van der Waals surface area contributed by atoms with Crippen LogP contribution in [0.25, 0.3) is 0 Å². The van der Waals surface area contributed by atoms with Crippen LogP contribution in [0, 0.1) is 17.8 Å². The average Bonchev–Trinajstić information content (AvgIpc) is 2.73. The summed E-state index contributed by atoms with van der Waals surface area (Å²) in [4.78, 5) is 38.6. The number of nitrogens with zero attached hydrogens (tertiary/aromatic N) is 1.